The van der Waals surface area contributed by atoms with Crippen LogP contribution in [0, 0.1) is 0 Å². The molecule has 0 N–H and O–H groups in total. The van der Waals surface area contributed by atoms with Crippen LogP contribution in [0.25, 0.3) is 81.0 Å². The smallest absolute Gasteiger partial charge is 0.0547 e. The summed E-state index contributed by atoms with van der Waals surface area (Å²) in [6.07, 6.45) is 0. The molecule has 0 aliphatic carbocycles. The Bertz CT molecular complexity index is 2420. The van der Waals surface area contributed by atoms with Crippen molar-refractivity contribution in [1.82, 2.24) is 4.57 Å². The highest BCUT2D eigenvalue weighted by Crippen LogP contribution is 2.42. The van der Waals surface area contributed by atoms with Crippen LogP contribution in [0.3, 0.4) is 0 Å². The van der Waals surface area contributed by atoms with Crippen LogP contribution in [0.5, 0.6) is 0 Å². The van der Waals surface area contributed by atoms with Crippen molar-refractivity contribution in [3.8, 4) is 39.1 Å². The van der Waals surface area contributed by atoms with Gasteiger partial charge in [-0.1, -0.05) is 127 Å². The Balaban J connectivity index is 1.33. The van der Waals surface area contributed by atoms with E-state index in [1.165, 1.54) is 75.4 Å². The summed E-state index contributed by atoms with van der Waals surface area (Å²) in [6, 6.07) is 59.7. The number of para-hydroxylation sites is 1. The van der Waals surface area contributed by atoms with E-state index in [1.807, 2.05) is 11.3 Å². The highest BCUT2D eigenvalue weighted by Gasteiger charge is 2.17. The van der Waals surface area contributed by atoms with E-state index in [4.69, 9.17) is 0 Å². The predicted octanol–water partition coefficient (Wildman–Crippen LogP) is 12.2. The Labute approximate surface area is 259 Å². The fraction of sp³-hybridized carbons (Fsp3) is 0. The SMILES string of the molecule is c1ccc(-c2cc(-c3ccccc3)cc(-n3c4ccccc4c4ccc(-c5cccc6c5sc5ccccc56)cc43)c2)cc1. The number of hydrogen-bond donors (Lipinski definition) is 0. The molecule has 2 heterocycles. The van der Waals surface area contributed by atoms with E-state index in [9.17, 15) is 0 Å². The van der Waals surface area contributed by atoms with Gasteiger partial charge in [-0.3, -0.25) is 0 Å². The minimum absolute atomic E-state index is 1.16. The zero-order valence-corrected chi connectivity index (χ0v) is 24.8. The fourth-order valence-electron chi connectivity index (χ4n) is 6.73. The molecule has 0 unspecified atom stereocenters. The molecule has 7 aromatic carbocycles. The molecule has 0 saturated carbocycles. The van der Waals surface area contributed by atoms with Crippen molar-refractivity contribution in [2.24, 2.45) is 0 Å². The van der Waals surface area contributed by atoms with Crippen molar-refractivity contribution in [1.29, 1.82) is 0 Å². The van der Waals surface area contributed by atoms with Gasteiger partial charge in [-0.05, 0) is 69.8 Å². The van der Waals surface area contributed by atoms with Crippen molar-refractivity contribution in [3.05, 3.63) is 164 Å². The molecule has 0 aliphatic heterocycles. The average molecular weight is 578 g/mol. The number of nitrogens with zero attached hydrogens (tertiary/aromatic N) is 1. The lowest BCUT2D eigenvalue weighted by Gasteiger charge is -2.14. The second-order valence-corrected chi connectivity index (χ2v) is 12.4. The molecule has 44 heavy (non-hydrogen) atoms. The minimum Gasteiger partial charge on any atom is -0.309 e. The van der Waals surface area contributed by atoms with Crippen LogP contribution >= 0.6 is 11.3 Å². The van der Waals surface area contributed by atoms with Crippen LogP contribution in [-0.4, -0.2) is 4.57 Å². The first-order valence-corrected chi connectivity index (χ1v) is 15.8. The van der Waals surface area contributed by atoms with E-state index in [-0.39, 0.29) is 0 Å². The monoisotopic (exact) mass is 577 g/mol. The molecule has 9 rings (SSSR count). The molecule has 9 aromatic rings. The van der Waals surface area contributed by atoms with E-state index < -0.39 is 0 Å². The average Bonchev–Trinajstić information content (AvgIpc) is 3.64. The zero-order chi connectivity index (χ0) is 29.0. The molecular formula is C42H27NS. The predicted molar refractivity (Wildman–Crippen MR) is 190 cm³/mol. The van der Waals surface area contributed by atoms with E-state index >= 15 is 0 Å². The molecular weight excluding hydrogens is 551 g/mol. The molecule has 0 saturated heterocycles. The summed E-state index contributed by atoms with van der Waals surface area (Å²) in [7, 11) is 0. The van der Waals surface area contributed by atoms with Crippen LogP contribution in [-0.2, 0) is 0 Å². The molecule has 206 valence electrons. The first-order chi connectivity index (χ1) is 21.8. The Morgan fingerprint density at radius 1 is 0.364 bits per heavy atom. The maximum atomic E-state index is 2.46. The summed E-state index contributed by atoms with van der Waals surface area (Å²) in [6.45, 7) is 0. The van der Waals surface area contributed by atoms with Gasteiger partial charge in [0.25, 0.3) is 0 Å². The molecule has 0 amide bonds. The summed E-state index contributed by atoms with van der Waals surface area (Å²) in [4.78, 5) is 0. The van der Waals surface area contributed by atoms with Crippen molar-refractivity contribution in [2.45, 2.75) is 0 Å². The van der Waals surface area contributed by atoms with Crippen molar-refractivity contribution < 1.29 is 0 Å². The number of aromatic nitrogens is 1. The molecule has 0 fully saturated rings. The minimum atomic E-state index is 1.16. The lowest BCUT2D eigenvalue weighted by Crippen LogP contribution is -1.96. The van der Waals surface area contributed by atoms with Crippen molar-refractivity contribution in [2.75, 3.05) is 0 Å². The van der Waals surface area contributed by atoms with E-state index in [1.54, 1.807) is 0 Å². The van der Waals surface area contributed by atoms with Crippen LogP contribution in [0.1, 0.15) is 0 Å². The van der Waals surface area contributed by atoms with Crippen LogP contribution in [0.15, 0.2) is 164 Å². The molecule has 0 atom stereocenters. The molecule has 0 radical (unpaired) electrons. The van der Waals surface area contributed by atoms with Crippen LogP contribution in [0.4, 0.5) is 0 Å². The topological polar surface area (TPSA) is 4.93 Å². The third-order valence-corrected chi connectivity index (χ3v) is 10.00. The highest BCUT2D eigenvalue weighted by molar-refractivity contribution is 7.26. The number of fused-ring (bicyclic) bond motifs is 6. The highest BCUT2D eigenvalue weighted by atomic mass is 32.1. The van der Waals surface area contributed by atoms with Gasteiger partial charge in [0.1, 0.15) is 0 Å². The Morgan fingerprint density at radius 3 is 1.73 bits per heavy atom. The van der Waals surface area contributed by atoms with Crippen LogP contribution in [0.2, 0.25) is 0 Å². The van der Waals surface area contributed by atoms with Gasteiger partial charge in [0.2, 0.25) is 0 Å². The van der Waals surface area contributed by atoms with E-state index in [2.05, 4.69) is 168 Å². The Hall–Kier alpha value is -5.44. The molecule has 1 nitrogen and oxygen atoms in total. The summed E-state index contributed by atoms with van der Waals surface area (Å²) in [5, 5.41) is 5.18. The quantitative estimate of drug-likeness (QED) is 0.196. The van der Waals surface area contributed by atoms with Gasteiger partial charge in [-0.15, -0.1) is 11.3 Å². The maximum absolute atomic E-state index is 2.46. The van der Waals surface area contributed by atoms with Gasteiger partial charge in [-0.25, -0.2) is 0 Å². The molecule has 2 aromatic heterocycles. The molecule has 0 spiro atoms. The van der Waals surface area contributed by atoms with Crippen molar-refractivity contribution >= 4 is 53.3 Å². The summed E-state index contributed by atoms with van der Waals surface area (Å²) < 4.78 is 5.13. The van der Waals surface area contributed by atoms with Crippen LogP contribution < -0.4 is 0 Å². The van der Waals surface area contributed by atoms with E-state index in [0.29, 0.717) is 0 Å². The zero-order valence-electron chi connectivity index (χ0n) is 23.9. The molecule has 0 aliphatic rings. The Kier molecular flexibility index (Phi) is 5.75. The number of benzene rings is 7. The summed E-state index contributed by atoms with van der Waals surface area (Å²) in [5.74, 6) is 0. The van der Waals surface area contributed by atoms with Gasteiger partial charge in [0, 0.05) is 36.6 Å². The number of hydrogen-bond acceptors (Lipinski definition) is 1. The van der Waals surface area contributed by atoms with Gasteiger partial charge >= 0.3 is 0 Å². The fourth-order valence-corrected chi connectivity index (χ4v) is 7.96. The van der Waals surface area contributed by atoms with E-state index in [0.717, 1.165) is 5.69 Å². The van der Waals surface area contributed by atoms with Gasteiger partial charge < -0.3 is 4.57 Å². The Morgan fingerprint density at radius 2 is 0.977 bits per heavy atom. The van der Waals surface area contributed by atoms with Crippen molar-refractivity contribution in [3.63, 3.8) is 0 Å². The van der Waals surface area contributed by atoms with Gasteiger partial charge in [0.15, 0.2) is 0 Å². The standard InChI is InChI=1S/C42H27NS/c1-3-12-28(13-4-1)31-24-32(29-14-5-2-6-15-29)26-33(25-31)43-39-20-9-7-16-35(39)36-23-22-30(27-40(36)43)34-18-11-19-38-37-17-8-10-21-41(37)44-42(34)38/h1-27H. The second kappa shape index (κ2) is 10.1. The largest absolute Gasteiger partial charge is 0.309 e. The third-order valence-electron chi connectivity index (χ3n) is 8.78. The lowest BCUT2D eigenvalue weighted by atomic mass is 9.98. The second-order valence-electron chi connectivity index (χ2n) is 11.4. The first-order valence-electron chi connectivity index (χ1n) is 15.0. The molecule has 2 heteroatoms. The normalized spacial score (nSPS) is 11.6. The lowest BCUT2D eigenvalue weighted by molar-refractivity contribution is 1.18. The first kappa shape index (κ1) is 25.1. The maximum Gasteiger partial charge on any atom is 0.0547 e. The number of rotatable bonds is 4. The number of thiophene rings is 1. The summed E-state index contributed by atoms with van der Waals surface area (Å²) in [5.41, 5.74) is 10.9. The van der Waals surface area contributed by atoms with Gasteiger partial charge in [-0.2, -0.15) is 0 Å². The third kappa shape index (κ3) is 4.00. The molecule has 0 bridgehead atoms. The summed E-state index contributed by atoms with van der Waals surface area (Å²) >= 11 is 1.89. The van der Waals surface area contributed by atoms with Gasteiger partial charge in [0.05, 0.1) is 11.0 Å².